The van der Waals surface area contributed by atoms with Crippen molar-refractivity contribution in [1.82, 2.24) is 14.7 Å². The third-order valence-electron chi connectivity index (χ3n) is 3.89. The van der Waals surface area contributed by atoms with Gasteiger partial charge in [-0.1, -0.05) is 35.5 Å². The molecule has 3 aromatic rings. The van der Waals surface area contributed by atoms with Crippen molar-refractivity contribution < 1.29 is 9.63 Å². The molecule has 0 saturated carbocycles. The molecule has 6 nitrogen and oxygen atoms in total. The Morgan fingerprint density at radius 2 is 1.92 bits per heavy atom. The standard InChI is InChI=1S/C20H20N4O2/c1-23(20(25)18-10-8-16(9-11-18)13-22-26-2)14-17-12-21-24(15-17)19-6-4-3-5-7-19/h3-13,15H,14H2,1-2H3/b22-13+. The molecule has 0 spiro atoms. The molecular formula is C20H20N4O2. The zero-order valence-corrected chi connectivity index (χ0v) is 14.7. The van der Waals surface area contributed by atoms with Crippen molar-refractivity contribution in [3.8, 4) is 5.69 Å². The maximum atomic E-state index is 12.6. The lowest BCUT2D eigenvalue weighted by atomic mass is 10.1. The maximum absolute atomic E-state index is 12.6. The van der Waals surface area contributed by atoms with Crippen LogP contribution in [0, 0.1) is 0 Å². The average molecular weight is 348 g/mol. The summed E-state index contributed by atoms with van der Waals surface area (Å²) in [5.74, 6) is -0.0484. The Morgan fingerprint density at radius 3 is 2.62 bits per heavy atom. The first-order valence-corrected chi connectivity index (χ1v) is 8.18. The van der Waals surface area contributed by atoms with Gasteiger partial charge in [-0.3, -0.25) is 4.79 Å². The van der Waals surface area contributed by atoms with E-state index in [-0.39, 0.29) is 5.91 Å². The van der Waals surface area contributed by atoms with Crippen LogP contribution in [0.4, 0.5) is 0 Å². The van der Waals surface area contributed by atoms with Crippen molar-refractivity contribution in [2.45, 2.75) is 6.54 Å². The highest BCUT2D eigenvalue weighted by Gasteiger charge is 2.13. The fourth-order valence-corrected chi connectivity index (χ4v) is 2.56. The molecular weight excluding hydrogens is 328 g/mol. The lowest BCUT2D eigenvalue weighted by Gasteiger charge is -2.16. The van der Waals surface area contributed by atoms with E-state index in [2.05, 4.69) is 15.1 Å². The summed E-state index contributed by atoms with van der Waals surface area (Å²) in [5.41, 5.74) is 3.45. The number of para-hydroxylation sites is 1. The largest absolute Gasteiger partial charge is 0.399 e. The van der Waals surface area contributed by atoms with E-state index >= 15 is 0 Å². The Morgan fingerprint density at radius 1 is 1.19 bits per heavy atom. The lowest BCUT2D eigenvalue weighted by molar-refractivity contribution is 0.0785. The topological polar surface area (TPSA) is 59.7 Å². The molecule has 0 radical (unpaired) electrons. The summed E-state index contributed by atoms with van der Waals surface area (Å²) >= 11 is 0. The van der Waals surface area contributed by atoms with Gasteiger partial charge in [0.2, 0.25) is 0 Å². The van der Waals surface area contributed by atoms with Gasteiger partial charge in [-0.05, 0) is 29.8 Å². The van der Waals surface area contributed by atoms with Crippen molar-refractivity contribution >= 4 is 12.1 Å². The Kier molecular flexibility index (Phi) is 5.43. The van der Waals surface area contributed by atoms with Gasteiger partial charge in [0.1, 0.15) is 7.11 Å². The first-order chi connectivity index (χ1) is 12.7. The van der Waals surface area contributed by atoms with Crippen LogP contribution in [0.25, 0.3) is 5.69 Å². The molecule has 2 aromatic carbocycles. The van der Waals surface area contributed by atoms with Gasteiger partial charge in [0.25, 0.3) is 5.91 Å². The smallest absolute Gasteiger partial charge is 0.253 e. The molecule has 0 bridgehead atoms. The maximum Gasteiger partial charge on any atom is 0.253 e. The zero-order valence-electron chi connectivity index (χ0n) is 14.7. The molecule has 1 heterocycles. The summed E-state index contributed by atoms with van der Waals surface area (Å²) in [6, 6.07) is 17.1. The minimum atomic E-state index is -0.0484. The molecule has 26 heavy (non-hydrogen) atoms. The SMILES string of the molecule is CO/N=C/c1ccc(C(=O)N(C)Cc2cnn(-c3ccccc3)c2)cc1. The minimum Gasteiger partial charge on any atom is -0.399 e. The fraction of sp³-hybridized carbons (Fsp3) is 0.150. The number of hydrogen-bond acceptors (Lipinski definition) is 4. The van der Waals surface area contributed by atoms with E-state index in [9.17, 15) is 4.79 Å². The Hall–Kier alpha value is -3.41. The number of rotatable bonds is 6. The third-order valence-corrected chi connectivity index (χ3v) is 3.89. The van der Waals surface area contributed by atoms with Crippen molar-refractivity contribution in [3.63, 3.8) is 0 Å². The molecule has 0 aliphatic rings. The van der Waals surface area contributed by atoms with Crippen LogP contribution in [-0.4, -0.2) is 41.0 Å². The number of benzene rings is 2. The molecule has 0 fully saturated rings. The first kappa shape index (κ1) is 17.4. The van der Waals surface area contributed by atoms with Gasteiger partial charge in [-0.15, -0.1) is 0 Å². The number of amides is 1. The van der Waals surface area contributed by atoms with Crippen molar-refractivity contribution in [1.29, 1.82) is 0 Å². The molecule has 0 saturated heterocycles. The number of aromatic nitrogens is 2. The van der Waals surface area contributed by atoms with Crippen molar-refractivity contribution in [2.75, 3.05) is 14.2 Å². The normalized spacial score (nSPS) is 10.8. The monoisotopic (exact) mass is 348 g/mol. The molecule has 0 aliphatic heterocycles. The number of hydrogen-bond donors (Lipinski definition) is 0. The van der Waals surface area contributed by atoms with Crippen molar-refractivity contribution in [3.05, 3.63) is 83.7 Å². The van der Waals surface area contributed by atoms with Gasteiger partial charge in [-0.25, -0.2) is 4.68 Å². The molecule has 132 valence electrons. The van der Waals surface area contributed by atoms with Crippen LogP contribution >= 0.6 is 0 Å². The zero-order chi connectivity index (χ0) is 18.4. The second kappa shape index (κ2) is 8.11. The second-order valence-electron chi connectivity index (χ2n) is 5.83. The molecule has 1 amide bonds. The van der Waals surface area contributed by atoms with Crippen LogP contribution in [0.5, 0.6) is 0 Å². The Balaban J connectivity index is 1.66. The van der Waals surface area contributed by atoms with E-state index in [1.807, 2.05) is 48.7 Å². The predicted molar refractivity (Wildman–Crippen MR) is 100 cm³/mol. The van der Waals surface area contributed by atoms with E-state index < -0.39 is 0 Å². The van der Waals surface area contributed by atoms with Gasteiger partial charge >= 0.3 is 0 Å². The van der Waals surface area contributed by atoms with E-state index in [0.29, 0.717) is 12.1 Å². The minimum absolute atomic E-state index is 0.0484. The summed E-state index contributed by atoms with van der Waals surface area (Å²) in [6.07, 6.45) is 5.31. The number of carbonyl (C=O) groups is 1. The molecule has 3 rings (SSSR count). The van der Waals surface area contributed by atoms with Gasteiger partial charge in [0.05, 0.1) is 18.1 Å². The van der Waals surface area contributed by atoms with Crippen molar-refractivity contribution in [2.24, 2.45) is 5.16 Å². The lowest BCUT2D eigenvalue weighted by Crippen LogP contribution is -2.26. The first-order valence-electron chi connectivity index (χ1n) is 8.18. The second-order valence-corrected chi connectivity index (χ2v) is 5.83. The average Bonchev–Trinajstić information content (AvgIpc) is 3.15. The quantitative estimate of drug-likeness (QED) is 0.508. The Labute approximate surface area is 152 Å². The van der Waals surface area contributed by atoms with Crippen LogP contribution in [0.15, 0.2) is 72.1 Å². The molecule has 0 N–H and O–H groups in total. The van der Waals surface area contributed by atoms with E-state index in [1.165, 1.54) is 7.11 Å². The number of oxime groups is 1. The molecule has 6 heteroatoms. The summed E-state index contributed by atoms with van der Waals surface area (Å²) in [6.45, 7) is 0.485. The van der Waals surface area contributed by atoms with E-state index in [4.69, 9.17) is 0 Å². The van der Waals surface area contributed by atoms with E-state index in [0.717, 1.165) is 16.8 Å². The summed E-state index contributed by atoms with van der Waals surface area (Å²) in [4.78, 5) is 18.9. The predicted octanol–water partition coefficient (Wildman–Crippen LogP) is 3.12. The Bertz CT molecular complexity index is 886. The van der Waals surface area contributed by atoms with Gasteiger partial charge in [0.15, 0.2) is 0 Å². The molecule has 0 atom stereocenters. The summed E-state index contributed by atoms with van der Waals surface area (Å²) in [7, 11) is 3.27. The van der Waals surface area contributed by atoms with Gasteiger partial charge in [0, 0.05) is 30.9 Å². The molecule has 1 aromatic heterocycles. The van der Waals surface area contributed by atoms with Crippen LogP contribution in [0.2, 0.25) is 0 Å². The van der Waals surface area contributed by atoms with E-state index in [1.54, 1.807) is 41.2 Å². The number of nitrogens with zero attached hydrogens (tertiary/aromatic N) is 4. The van der Waals surface area contributed by atoms with Crippen LogP contribution in [0.3, 0.4) is 0 Å². The molecule has 0 aliphatic carbocycles. The highest BCUT2D eigenvalue weighted by Crippen LogP contribution is 2.12. The third kappa shape index (κ3) is 4.16. The highest BCUT2D eigenvalue weighted by atomic mass is 16.6. The van der Waals surface area contributed by atoms with Crippen LogP contribution < -0.4 is 0 Å². The van der Waals surface area contributed by atoms with Crippen LogP contribution in [-0.2, 0) is 11.4 Å². The van der Waals surface area contributed by atoms with Gasteiger partial charge < -0.3 is 9.74 Å². The fourth-order valence-electron chi connectivity index (χ4n) is 2.56. The summed E-state index contributed by atoms with van der Waals surface area (Å²) in [5, 5.41) is 8.07. The number of carbonyl (C=O) groups excluding carboxylic acids is 1. The molecule has 0 unspecified atom stereocenters. The summed E-state index contributed by atoms with van der Waals surface area (Å²) < 4.78 is 1.80. The van der Waals surface area contributed by atoms with Gasteiger partial charge in [-0.2, -0.15) is 5.10 Å². The highest BCUT2D eigenvalue weighted by molar-refractivity contribution is 5.94. The van der Waals surface area contributed by atoms with Crippen LogP contribution in [0.1, 0.15) is 21.5 Å².